The third-order valence-electron chi connectivity index (χ3n) is 16.1. The number of rotatable bonds is 64. The van der Waals surface area contributed by atoms with E-state index in [1.165, 1.54) is 0 Å². The third kappa shape index (κ3) is 54.3. The van der Waals surface area contributed by atoms with Crippen LogP contribution in [0, 0.1) is 0 Å². The molecule has 0 radical (unpaired) electrons. The number of nitrogens with zero attached hydrogens (tertiary/aromatic N) is 4. The summed E-state index contributed by atoms with van der Waals surface area (Å²) in [5, 5.41) is 44.2. The molecule has 0 aromatic rings. The summed E-state index contributed by atoms with van der Waals surface area (Å²) < 4.78 is 26.7. The minimum Gasteiger partial charge on any atom is -0.466 e. The van der Waals surface area contributed by atoms with Crippen molar-refractivity contribution in [2.24, 2.45) is 0 Å². The number of carbonyl (C=O) groups excluding carboxylic acids is 5. The molecule has 0 saturated carbocycles. The molecule has 88 heavy (non-hydrogen) atoms. The summed E-state index contributed by atoms with van der Waals surface area (Å²) in [5.41, 5.74) is 0. The zero-order valence-corrected chi connectivity index (χ0v) is 57.8. The Balaban J connectivity index is 2.44. The van der Waals surface area contributed by atoms with Crippen molar-refractivity contribution in [3.05, 3.63) is 0 Å². The van der Waals surface area contributed by atoms with Crippen molar-refractivity contribution in [2.45, 2.75) is 283 Å². The van der Waals surface area contributed by atoms with Crippen LogP contribution in [0.25, 0.3) is 0 Å². The Morgan fingerprint density at radius 1 is 0.341 bits per heavy atom. The van der Waals surface area contributed by atoms with E-state index < -0.39 is 24.4 Å². The van der Waals surface area contributed by atoms with Gasteiger partial charge in [-0.05, 0) is 109 Å². The van der Waals surface area contributed by atoms with Crippen molar-refractivity contribution in [1.82, 2.24) is 19.6 Å². The molecule has 18 nitrogen and oxygen atoms in total. The van der Waals surface area contributed by atoms with Crippen molar-refractivity contribution in [3.8, 4) is 0 Å². The van der Waals surface area contributed by atoms with E-state index in [0.717, 1.165) is 218 Å². The van der Waals surface area contributed by atoms with Crippen LogP contribution < -0.4 is 0 Å². The SMILES string of the molecule is CCCCOC(=O)CCCCCCC(O)CN(CCCCC(=O)OCCN1CCN(CCSSCCCN(CC(O)CCCCCCC(=O)OCCCC)CC(O)CCCCCCC(=O)OCCCC)CC1)CC(O)CCCCCCC(=O)OCCCC. The molecule has 0 bridgehead atoms. The highest BCUT2D eigenvalue weighted by Crippen LogP contribution is 2.23. The van der Waals surface area contributed by atoms with E-state index >= 15 is 0 Å². The fourth-order valence-corrected chi connectivity index (χ4v) is 12.6. The van der Waals surface area contributed by atoms with Crippen LogP contribution in [-0.4, -0.2) is 217 Å². The number of carbonyl (C=O) groups is 5. The van der Waals surface area contributed by atoms with Crippen molar-refractivity contribution in [1.29, 1.82) is 0 Å². The maximum atomic E-state index is 12.8. The molecule has 1 heterocycles. The second kappa shape index (κ2) is 60.9. The molecule has 1 fully saturated rings. The van der Waals surface area contributed by atoms with E-state index in [-0.39, 0.29) is 29.8 Å². The van der Waals surface area contributed by atoms with Gasteiger partial charge in [0.15, 0.2) is 0 Å². The summed E-state index contributed by atoms with van der Waals surface area (Å²) in [4.78, 5) is 69.8. The van der Waals surface area contributed by atoms with Gasteiger partial charge >= 0.3 is 29.8 Å². The fraction of sp³-hybridized carbons (Fsp3) is 0.926. The molecule has 0 aliphatic carbocycles. The molecule has 0 aromatic heterocycles. The van der Waals surface area contributed by atoms with E-state index in [1.807, 2.05) is 21.6 Å². The van der Waals surface area contributed by atoms with Crippen molar-refractivity contribution in [3.63, 3.8) is 0 Å². The second-order valence-electron chi connectivity index (χ2n) is 24.6. The summed E-state index contributed by atoms with van der Waals surface area (Å²) in [6.45, 7) is 19.7. The standard InChI is InChI=1S/C68H130N4O14S2/c1-5-9-49-82-64(77)36-25-17-13-21-32-60(73)56-71(57-61(74)33-22-14-18-26-37-65(78)83-50-10-6-2)41-30-29-40-68(81)86-53-47-69-43-45-70(46-44-69)48-55-88-87-54-31-42-72(58-62(75)34-23-15-19-27-38-66(79)84-51-11-7-3)59-63(76)35-24-16-20-28-39-67(80)85-52-12-8-4/h60-63,73-76H,5-59H2,1-4H3. The Morgan fingerprint density at radius 3 is 0.943 bits per heavy atom. The molecule has 0 amide bonds. The van der Waals surface area contributed by atoms with Gasteiger partial charge in [0, 0.05) is 109 Å². The van der Waals surface area contributed by atoms with Crippen LogP contribution in [0.3, 0.4) is 0 Å². The number of piperazine rings is 1. The second-order valence-corrected chi connectivity index (χ2v) is 27.3. The molecule has 4 unspecified atom stereocenters. The zero-order valence-electron chi connectivity index (χ0n) is 56.2. The van der Waals surface area contributed by atoms with E-state index in [2.05, 4.69) is 47.3 Å². The number of hydrogen-bond acceptors (Lipinski definition) is 20. The number of aliphatic hydroxyl groups excluding tert-OH is 4. The first-order valence-electron chi connectivity index (χ1n) is 35.4. The summed E-state index contributed by atoms with van der Waals surface area (Å²) in [7, 11) is 3.79. The lowest BCUT2D eigenvalue weighted by atomic mass is 10.1. The van der Waals surface area contributed by atoms with Gasteiger partial charge < -0.3 is 44.1 Å². The minimum absolute atomic E-state index is 0.119. The third-order valence-corrected chi connectivity index (χ3v) is 18.6. The molecule has 0 aromatic carbocycles. The van der Waals surface area contributed by atoms with Crippen LogP contribution in [0.1, 0.15) is 259 Å². The first-order chi connectivity index (χ1) is 42.8. The van der Waals surface area contributed by atoms with Gasteiger partial charge in [0.1, 0.15) is 6.61 Å². The van der Waals surface area contributed by atoms with Crippen LogP contribution >= 0.6 is 21.6 Å². The maximum Gasteiger partial charge on any atom is 0.305 e. The number of hydrogen-bond donors (Lipinski definition) is 4. The Morgan fingerprint density at radius 2 is 0.614 bits per heavy atom. The predicted molar refractivity (Wildman–Crippen MR) is 358 cm³/mol. The number of ether oxygens (including phenoxy) is 5. The lowest BCUT2D eigenvalue weighted by molar-refractivity contribution is -0.145. The Bertz CT molecular complexity index is 1570. The van der Waals surface area contributed by atoms with E-state index in [9.17, 15) is 44.4 Å². The summed E-state index contributed by atoms with van der Waals surface area (Å²) in [5.74, 6) is 1.32. The monoisotopic (exact) mass is 1290 g/mol. The van der Waals surface area contributed by atoms with Gasteiger partial charge in [-0.15, -0.1) is 0 Å². The molecule has 1 rings (SSSR count). The number of unbranched alkanes of at least 4 members (excludes halogenated alkanes) is 17. The zero-order chi connectivity index (χ0) is 64.3. The van der Waals surface area contributed by atoms with Crippen molar-refractivity contribution >= 4 is 51.4 Å². The molecule has 1 saturated heterocycles. The largest absolute Gasteiger partial charge is 0.466 e. The lowest BCUT2D eigenvalue weighted by Gasteiger charge is -2.34. The van der Waals surface area contributed by atoms with E-state index in [1.54, 1.807) is 0 Å². The van der Waals surface area contributed by atoms with Crippen LogP contribution in [0.15, 0.2) is 0 Å². The number of aliphatic hydroxyl groups is 4. The molecule has 4 N–H and O–H groups in total. The molecular weight excluding hydrogens is 1160 g/mol. The smallest absolute Gasteiger partial charge is 0.305 e. The molecule has 4 atom stereocenters. The van der Waals surface area contributed by atoms with Crippen LogP contribution in [-0.2, 0) is 47.7 Å². The van der Waals surface area contributed by atoms with Crippen LogP contribution in [0.5, 0.6) is 0 Å². The fourth-order valence-electron chi connectivity index (χ4n) is 10.5. The quantitative estimate of drug-likeness (QED) is 0.0192. The Labute approximate surface area is 542 Å². The van der Waals surface area contributed by atoms with Gasteiger partial charge in [-0.25, -0.2) is 0 Å². The summed E-state index contributed by atoms with van der Waals surface area (Å²) in [6.07, 6.45) is 26.9. The molecule has 518 valence electrons. The Kier molecular flexibility index (Phi) is 58.0. The van der Waals surface area contributed by atoms with Gasteiger partial charge in [-0.1, -0.05) is 152 Å². The first kappa shape index (κ1) is 83.7. The van der Waals surface area contributed by atoms with E-state index in [4.69, 9.17) is 23.7 Å². The molecule has 0 spiro atoms. The van der Waals surface area contributed by atoms with Crippen molar-refractivity contribution < 1.29 is 68.1 Å². The predicted octanol–water partition coefficient (Wildman–Crippen LogP) is 11.9. The molecule has 1 aliphatic heterocycles. The molecule has 20 heteroatoms. The molecule has 1 aliphatic rings. The highest BCUT2D eigenvalue weighted by atomic mass is 33.1. The highest BCUT2D eigenvalue weighted by molar-refractivity contribution is 8.76. The average Bonchev–Trinajstić information content (AvgIpc) is 3.54. The van der Waals surface area contributed by atoms with Gasteiger partial charge in [-0.3, -0.25) is 43.6 Å². The maximum absolute atomic E-state index is 12.8. The van der Waals surface area contributed by atoms with E-state index in [0.29, 0.717) is 137 Å². The minimum atomic E-state index is -0.535. The summed E-state index contributed by atoms with van der Waals surface area (Å²) in [6, 6.07) is 0. The van der Waals surface area contributed by atoms with Gasteiger partial charge in [0.05, 0.1) is 50.8 Å². The van der Waals surface area contributed by atoms with Crippen LogP contribution in [0.2, 0.25) is 0 Å². The summed E-state index contributed by atoms with van der Waals surface area (Å²) >= 11 is 0. The first-order valence-corrected chi connectivity index (χ1v) is 37.9. The van der Waals surface area contributed by atoms with Gasteiger partial charge in [0.25, 0.3) is 0 Å². The number of esters is 5. The lowest BCUT2D eigenvalue weighted by Crippen LogP contribution is -2.47. The normalized spacial score (nSPS) is 14.5. The average molecular weight is 1290 g/mol. The topological polar surface area (TPSA) is 225 Å². The van der Waals surface area contributed by atoms with Gasteiger partial charge in [-0.2, -0.15) is 0 Å². The molecular formula is C68H130N4O14S2. The van der Waals surface area contributed by atoms with Crippen LogP contribution in [0.4, 0.5) is 0 Å². The Hall–Kier alpha value is -2.27. The van der Waals surface area contributed by atoms with Gasteiger partial charge in [0.2, 0.25) is 0 Å². The van der Waals surface area contributed by atoms with Crippen molar-refractivity contribution in [2.75, 3.05) is 123 Å². The highest BCUT2D eigenvalue weighted by Gasteiger charge is 2.20.